The van der Waals surface area contributed by atoms with E-state index in [-0.39, 0.29) is 5.91 Å². The van der Waals surface area contributed by atoms with Gasteiger partial charge in [0, 0.05) is 18.4 Å². The number of anilines is 1. The van der Waals surface area contributed by atoms with Crippen molar-refractivity contribution in [1.29, 1.82) is 0 Å². The normalized spacial score (nSPS) is 10.2. The Kier molecular flexibility index (Phi) is 4.31. The molecule has 0 radical (unpaired) electrons. The van der Waals surface area contributed by atoms with E-state index in [0.717, 1.165) is 16.8 Å². The van der Waals surface area contributed by atoms with E-state index in [4.69, 9.17) is 4.74 Å². The summed E-state index contributed by atoms with van der Waals surface area (Å²) in [6, 6.07) is 15.1. The molecule has 0 saturated heterocycles. The predicted molar refractivity (Wildman–Crippen MR) is 76.3 cm³/mol. The van der Waals surface area contributed by atoms with E-state index < -0.39 is 0 Å². The standard InChI is InChI=1S/C16H17NO2/c1-12-6-8-14(9-7-12)16(18)17-15-5-3-4-13(10-15)11-19-2/h3-10H,11H2,1-2H3,(H,17,18). The molecule has 0 aliphatic rings. The molecule has 0 fully saturated rings. The number of aryl methyl sites for hydroxylation is 1. The Labute approximate surface area is 113 Å². The van der Waals surface area contributed by atoms with E-state index in [1.165, 1.54) is 0 Å². The lowest BCUT2D eigenvalue weighted by Gasteiger charge is -2.07. The van der Waals surface area contributed by atoms with Gasteiger partial charge in [-0.3, -0.25) is 4.79 Å². The van der Waals surface area contributed by atoms with Crippen LogP contribution in [-0.4, -0.2) is 13.0 Å². The molecule has 3 nitrogen and oxygen atoms in total. The summed E-state index contributed by atoms with van der Waals surface area (Å²) in [5.41, 5.74) is 3.60. The Hall–Kier alpha value is -2.13. The Bertz CT molecular complexity index is 561. The highest BCUT2D eigenvalue weighted by molar-refractivity contribution is 6.04. The third-order valence-corrected chi connectivity index (χ3v) is 2.81. The topological polar surface area (TPSA) is 38.3 Å². The first kappa shape index (κ1) is 13.3. The Balaban J connectivity index is 2.10. The molecule has 3 heteroatoms. The lowest BCUT2D eigenvalue weighted by atomic mass is 10.1. The van der Waals surface area contributed by atoms with Crippen molar-refractivity contribution in [3.05, 3.63) is 65.2 Å². The molecule has 0 unspecified atom stereocenters. The number of ether oxygens (including phenoxy) is 1. The fourth-order valence-corrected chi connectivity index (χ4v) is 1.81. The zero-order chi connectivity index (χ0) is 13.7. The van der Waals surface area contributed by atoms with E-state index in [1.54, 1.807) is 7.11 Å². The summed E-state index contributed by atoms with van der Waals surface area (Å²) in [5.74, 6) is -0.102. The van der Waals surface area contributed by atoms with Crippen molar-refractivity contribution in [2.45, 2.75) is 13.5 Å². The van der Waals surface area contributed by atoms with E-state index in [2.05, 4.69) is 5.32 Å². The molecule has 1 N–H and O–H groups in total. The molecule has 0 spiro atoms. The summed E-state index contributed by atoms with van der Waals surface area (Å²) in [5, 5.41) is 2.88. The van der Waals surface area contributed by atoms with Gasteiger partial charge < -0.3 is 10.1 Å². The minimum atomic E-state index is -0.102. The van der Waals surface area contributed by atoms with Gasteiger partial charge in [-0.15, -0.1) is 0 Å². The fourth-order valence-electron chi connectivity index (χ4n) is 1.81. The average molecular weight is 255 g/mol. The van der Waals surface area contributed by atoms with E-state index in [1.807, 2.05) is 55.5 Å². The summed E-state index contributed by atoms with van der Waals surface area (Å²) in [4.78, 5) is 12.1. The number of nitrogens with one attached hydrogen (secondary N) is 1. The van der Waals surface area contributed by atoms with Gasteiger partial charge in [-0.25, -0.2) is 0 Å². The second kappa shape index (κ2) is 6.16. The third-order valence-electron chi connectivity index (χ3n) is 2.81. The quantitative estimate of drug-likeness (QED) is 0.909. The van der Waals surface area contributed by atoms with Crippen LogP contribution in [0.5, 0.6) is 0 Å². The van der Waals surface area contributed by atoms with Crippen LogP contribution < -0.4 is 5.32 Å². The van der Waals surface area contributed by atoms with Gasteiger partial charge in [0.1, 0.15) is 0 Å². The molecular weight excluding hydrogens is 238 g/mol. The zero-order valence-corrected chi connectivity index (χ0v) is 11.1. The highest BCUT2D eigenvalue weighted by Crippen LogP contribution is 2.13. The van der Waals surface area contributed by atoms with Crippen molar-refractivity contribution >= 4 is 11.6 Å². The van der Waals surface area contributed by atoms with Gasteiger partial charge in [0.05, 0.1) is 6.61 Å². The van der Waals surface area contributed by atoms with Gasteiger partial charge in [-0.05, 0) is 36.8 Å². The summed E-state index contributed by atoms with van der Waals surface area (Å²) in [6.45, 7) is 2.53. The largest absolute Gasteiger partial charge is 0.380 e. The minimum absolute atomic E-state index is 0.102. The minimum Gasteiger partial charge on any atom is -0.380 e. The molecule has 0 saturated carbocycles. The molecule has 0 aliphatic carbocycles. The SMILES string of the molecule is COCc1cccc(NC(=O)c2ccc(C)cc2)c1. The summed E-state index contributed by atoms with van der Waals surface area (Å²) < 4.78 is 5.07. The summed E-state index contributed by atoms with van der Waals surface area (Å²) in [6.07, 6.45) is 0. The number of carbonyl (C=O) groups excluding carboxylic acids is 1. The van der Waals surface area contributed by atoms with Crippen molar-refractivity contribution in [3.8, 4) is 0 Å². The predicted octanol–water partition coefficient (Wildman–Crippen LogP) is 3.39. The second-order valence-corrected chi connectivity index (χ2v) is 4.45. The number of hydrogen-bond donors (Lipinski definition) is 1. The molecule has 1 amide bonds. The number of methoxy groups -OCH3 is 1. The number of benzene rings is 2. The molecule has 2 aromatic rings. The van der Waals surface area contributed by atoms with Crippen molar-refractivity contribution in [1.82, 2.24) is 0 Å². The Morgan fingerprint density at radius 1 is 1.16 bits per heavy atom. The van der Waals surface area contributed by atoms with Crippen molar-refractivity contribution in [2.75, 3.05) is 12.4 Å². The van der Waals surface area contributed by atoms with E-state index >= 15 is 0 Å². The van der Waals surface area contributed by atoms with Crippen molar-refractivity contribution in [3.63, 3.8) is 0 Å². The Morgan fingerprint density at radius 2 is 1.89 bits per heavy atom. The lowest BCUT2D eigenvalue weighted by Crippen LogP contribution is -2.11. The fraction of sp³-hybridized carbons (Fsp3) is 0.188. The van der Waals surface area contributed by atoms with E-state index in [9.17, 15) is 4.79 Å². The van der Waals surface area contributed by atoms with Crippen LogP contribution in [0.3, 0.4) is 0 Å². The molecule has 2 aromatic carbocycles. The molecule has 0 aromatic heterocycles. The summed E-state index contributed by atoms with van der Waals surface area (Å²) in [7, 11) is 1.65. The van der Waals surface area contributed by atoms with Gasteiger partial charge in [0.2, 0.25) is 0 Å². The first-order valence-electron chi connectivity index (χ1n) is 6.15. The molecule has 0 aliphatic heterocycles. The smallest absolute Gasteiger partial charge is 0.255 e. The molecule has 98 valence electrons. The van der Waals surface area contributed by atoms with Gasteiger partial charge in [-0.2, -0.15) is 0 Å². The molecular formula is C16H17NO2. The first-order chi connectivity index (χ1) is 9.19. The molecule has 2 rings (SSSR count). The van der Waals surface area contributed by atoms with E-state index in [0.29, 0.717) is 12.2 Å². The van der Waals surface area contributed by atoms with Crippen LogP contribution >= 0.6 is 0 Å². The number of hydrogen-bond acceptors (Lipinski definition) is 2. The van der Waals surface area contributed by atoms with Gasteiger partial charge >= 0.3 is 0 Å². The Morgan fingerprint density at radius 3 is 2.58 bits per heavy atom. The van der Waals surface area contributed by atoms with Gasteiger partial charge in [0.15, 0.2) is 0 Å². The molecule has 0 heterocycles. The van der Waals surface area contributed by atoms with Crippen LogP contribution in [-0.2, 0) is 11.3 Å². The monoisotopic (exact) mass is 255 g/mol. The van der Waals surface area contributed by atoms with Crippen LogP contribution in [0.15, 0.2) is 48.5 Å². The number of carbonyl (C=O) groups is 1. The van der Waals surface area contributed by atoms with Crippen molar-refractivity contribution in [2.24, 2.45) is 0 Å². The first-order valence-corrected chi connectivity index (χ1v) is 6.15. The maximum absolute atomic E-state index is 12.1. The second-order valence-electron chi connectivity index (χ2n) is 4.45. The number of rotatable bonds is 4. The highest BCUT2D eigenvalue weighted by atomic mass is 16.5. The van der Waals surface area contributed by atoms with Crippen LogP contribution in [0, 0.1) is 6.92 Å². The van der Waals surface area contributed by atoms with Crippen molar-refractivity contribution < 1.29 is 9.53 Å². The third kappa shape index (κ3) is 3.66. The van der Waals surface area contributed by atoms with Crippen LogP contribution in [0.1, 0.15) is 21.5 Å². The average Bonchev–Trinajstić information content (AvgIpc) is 2.40. The molecule has 0 bridgehead atoms. The number of amides is 1. The molecule has 0 atom stereocenters. The summed E-state index contributed by atoms with van der Waals surface area (Å²) >= 11 is 0. The lowest BCUT2D eigenvalue weighted by molar-refractivity contribution is 0.102. The van der Waals surface area contributed by atoms with Crippen LogP contribution in [0.2, 0.25) is 0 Å². The van der Waals surface area contributed by atoms with Gasteiger partial charge in [-0.1, -0.05) is 29.8 Å². The maximum atomic E-state index is 12.1. The van der Waals surface area contributed by atoms with Crippen LogP contribution in [0.25, 0.3) is 0 Å². The van der Waals surface area contributed by atoms with Gasteiger partial charge in [0.25, 0.3) is 5.91 Å². The maximum Gasteiger partial charge on any atom is 0.255 e. The zero-order valence-electron chi connectivity index (χ0n) is 11.1. The van der Waals surface area contributed by atoms with Crippen LogP contribution in [0.4, 0.5) is 5.69 Å². The molecule has 19 heavy (non-hydrogen) atoms. The highest BCUT2D eigenvalue weighted by Gasteiger charge is 2.05.